The van der Waals surface area contributed by atoms with Gasteiger partial charge in [-0.3, -0.25) is 4.79 Å². The van der Waals surface area contributed by atoms with Gasteiger partial charge in [-0.15, -0.1) is 0 Å². The van der Waals surface area contributed by atoms with Crippen LogP contribution in [0.15, 0.2) is 27.1 Å². The van der Waals surface area contributed by atoms with Crippen LogP contribution in [0.25, 0.3) is 0 Å². The molecule has 0 unspecified atom stereocenters. The second kappa shape index (κ2) is 5.66. The Morgan fingerprint density at radius 3 is 2.53 bits per heavy atom. The van der Waals surface area contributed by atoms with E-state index in [2.05, 4.69) is 37.2 Å². The fourth-order valence-corrected chi connectivity index (χ4v) is 1.78. The molecule has 0 fully saturated rings. The van der Waals surface area contributed by atoms with Crippen LogP contribution in [0.4, 0.5) is 5.69 Å². The van der Waals surface area contributed by atoms with Crippen molar-refractivity contribution in [2.45, 2.75) is 20.3 Å². The lowest BCUT2D eigenvalue weighted by molar-refractivity contribution is -0.116. The molecule has 0 spiro atoms. The first-order chi connectivity index (χ1) is 6.99. The molecule has 1 amide bonds. The number of anilines is 1. The molecule has 4 heteroatoms. The number of hydrogen-bond donors (Lipinski definition) is 1. The highest BCUT2D eigenvalue weighted by molar-refractivity contribution is 9.13. The summed E-state index contributed by atoms with van der Waals surface area (Å²) in [6.07, 6.45) is 0.549. The van der Waals surface area contributed by atoms with Gasteiger partial charge in [0.25, 0.3) is 0 Å². The molecule has 1 N–H and O–H groups in total. The van der Waals surface area contributed by atoms with E-state index in [0.29, 0.717) is 12.3 Å². The Morgan fingerprint density at radius 2 is 2.00 bits per heavy atom. The van der Waals surface area contributed by atoms with Gasteiger partial charge in [-0.25, -0.2) is 0 Å². The van der Waals surface area contributed by atoms with E-state index in [1.807, 2.05) is 32.0 Å². The fraction of sp³-hybridized carbons (Fsp3) is 0.364. The number of benzene rings is 1. The summed E-state index contributed by atoms with van der Waals surface area (Å²) in [5, 5.41) is 2.85. The molecule has 0 aromatic heterocycles. The van der Waals surface area contributed by atoms with Gasteiger partial charge in [-0.2, -0.15) is 0 Å². The normalized spacial score (nSPS) is 10.5. The minimum atomic E-state index is 0.0548. The average Bonchev–Trinajstić information content (AvgIpc) is 2.10. The van der Waals surface area contributed by atoms with Gasteiger partial charge < -0.3 is 5.32 Å². The Hall–Kier alpha value is -0.350. The molecule has 0 heterocycles. The quantitative estimate of drug-likeness (QED) is 0.882. The second-order valence-electron chi connectivity index (χ2n) is 3.78. The van der Waals surface area contributed by atoms with Crippen molar-refractivity contribution in [2.75, 3.05) is 5.32 Å². The van der Waals surface area contributed by atoms with E-state index in [1.54, 1.807) is 0 Å². The van der Waals surface area contributed by atoms with Gasteiger partial charge in [-0.05, 0) is 56.0 Å². The fourth-order valence-electron chi connectivity index (χ4n) is 1.16. The van der Waals surface area contributed by atoms with Crippen LogP contribution >= 0.6 is 31.9 Å². The number of carbonyl (C=O) groups excluding carboxylic acids is 1. The zero-order valence-corrected chi connectivity index (χ0v) is 11.9. The van der Waals surface area contributed by atoms with Crippen molar-refractivity contribution in [3.05, 3.63) is 27.1 Å². The largest absolute Gasteiger partial charge is 0.326 e. The summed E-state index contributed by atoms with van der Waals surface area (Å²) >= 11 is 6.76. The van der Waals surface area contributed by atoms with Gasteiger partial charge in [0.15, 0.2) is 0 Å². The van der Waals surface area contributed by atoms with Crippen LogP contribution < -0.4 is 5.32 Å². The minimum Gasteiger partial charge on any atom is -0.326 e. The number of rotatable bonds is 3. The molecule has 1 aromatic carbocycles. The van der Waals surface area contributed by atoms with Crippen molar-refractivity contribution in [1.29, 1.82) is 0 Å². The summed E-state index contributed by atoms with van der Waals surface area (Å²) in [7, 11) is 0. The number of carbonyl (C=O) groups is 1. The number of nitrogens with one attached hydrogen (secondary N) is 1. The van der Waals surface area contributed by atoms with Gasteiger partial charge in [-0.1, -0.05) is 13.8 Å². The van der Waals surface area contributed by atoms with E-state index in [1.165, 1.54) is 0 Å². The lowest BCUT2D eigenvalue weighted by atomic mass is 10.1. The monoisotopic (exact) mass is 333 g/mol. The first-order valence-electron chi connectivity index (χ1n) is 4.74. The van der Waals surface area contributed by atoms with Gasteiger partial charge in [0.1, 0.15) is 0 Å². The van der Waals surface area contributed by atoms with Gasteiger partial charge >= 0.3 is 0 Å². The lowest BCUT2D eigenvalue weighted by Gasteiger charge is -2.07. The van der Waals surface area contributed by atoms with Crippen LogP contribution in [0.1, 0.15) is 20.3 Å². The molecule has 0 saturated heterocycles. The summed E-state index contributed by atoms with van der Waals surface area (Å²) in [6, 6.07) is 5.64. The van der Waals surface area contributed by atoms with E-state index in [-0.39, 0.29) is 5.91 Å². The summed E-state index contributed by atoms with van der Waals surface area (Å²) in [4.78, 5) is 11.5. The molecule has 2 nitrogen and oxygen atoms in total. The molecular formula is C11H13Br2NO. The Balaban J connectivity index is 2.65. The van der Waals surface area contributed by atoms with E-state index in [9.17, 15) is 4.79 Å². The molecule has 15 heavy (non-hydrogen) atoms. The SMILES string of the molecule is CC(C)CC(=O)Nc1ccc(Br)c(Br)c1. The average molecular weight is 335 g/mol. The molecule has 82 valence electrons. The van der Waals surface area contributed by atoms with Crippen LogP contribution in [0.2, 0.25) is 0 Å². The van der Waals surface area contributed by atoms with Crippen LogP contribution in [-0.4, -0.2) is 5.91 Å². The first-order valence-corrected chi connectivity index (χ1v) is 6.32. The summed E-state index contributed by atoms with van der Waals surface area (Å²) in [5.41, 5.74) is 0.815. The smallest absolute Gasteiger partial charge is 0.224 e. The highest BCUT2D eigenvalue weighted by atomic mass is 79.9. The van der Waals surface area contributed by atoms with E-state index >= 15 is 0 Å². The van der Waals surface area contributed by atoms with Crippen molar-refractivity contribution >= 4 is 43.5 Å². The van der Waals surface area contributed by atoms with E-state index in [0.717, 1.165) is 14.6 Å². The van der Waals surface area contributed by atoms with Gasteiger partial charge in [0.2, 0.25) is 5.91 Å². The standard InChI is InChI=1S/C11H13Br2NO/c1-7(2)5-11(15)14-8-3-4-9(12)10(13)6-8/h3-4,6-7H,5H2,1-2H3,(H,14,15). The maximum Gasteiger partial charge on any atom is 0.224 e. The molecule has 0 saturated carbocycles. The van der Waals surface area contributed by atoms with Crippen molar-refractivity contribution < 1.29 is 4.79 Å². The predicted octanol–water partition coefficient (Wildman–Crippen LogP) is 4.20. The van der Waals surface area contributed by atoms with Crippen molar-refractivity contribution in [1.82, 2.24) is 0 Å². The molecule has 0 aliphatic heterocycles. The Bertz CT molecular complexity index is 364. The first kappa shape index (κ1) is 12.7. The summed E-state index contributed by atoms with van der Waals surface area (Å²) < 4.78 is 1.91. The van der Waals surface area contributed by atoms with Crippen molar-refractivity contribution in [3.63, 3.8) is 0 Å². The summed E-state index contributed by atoms with van der Waals surface area (Å²) in [5.74, 6) is 0.433. The lowest BCUT2D eigenvalue weighted by Crippen LogP contribution is -2.13. The molecule has 1 aromatic rings. The molecule has 0 atom stereocenters. The van der Waals surface area contributed by atoms with Gasteiger partial charge in [0, 0.05) is 21.1 Å². The van der Waals surface area contributed by atoms with Crippen LogP contribution in [-0.2, 0) is 4.79 Å². The molecular weight excluding hydrogens is 322 g/mol. The summed E-state index contributed by atoms with van der Waals surface area (Å²) in [6.45, 7) is 4.05. The Labute approximate surface area is 107 Å². The molecule has 1 rings (SSSR count). The highest BCUT2D eigenvalue weighted by Gasteiger charge is 2.06. The number of hydrogen-bond acceptors (Lipinski definition) is 1. The third-order valence-electron chi connectivity index (χ3n) is 1.80. The van der Waals surface area contributed by atoms with Crippen molar-refractivity contribution in [3.8, 4) is 0 Å². The third kappa shape index (κ3) is 4.34. The molecule has 0 bridgehead atoms. The van der Waals surface area contributed by atoms with E-state index in [4.69, 9.17) is 0 Å². The second-order valence-corrected chi connectivity index (χ2v) is 5.48. The molecule has 0 aliphatic rings. The van der Waals surface area contributed by atoms with Crippen molar-refractivity contribution in [2.24, 2.45) is 5.92 Å². The topological polar surface area (TPSA) is 29.1 Å². The maximum absolute atomic E-state index is 11.5. The predicted molar refractivity (Wildman–Crippen MR) is 69.9 cm³/mol. The Morgan fingerprint density at radius 1 is 1.33 bits per heavy atom. The maximum atomic E-state index is 11.5. The van der Waals surface area contributed by atoms with Crippen LogP contribution in [0.5, 0.6) is 0 Å². The molecule has 0 aliphatic carbocycles. The number of amides is 1. The van der Waals surface area contributed by atoms with E-state index < -0.39 is 0 Å². The number of halogens is 2. The highest BCUT2D eigenvalue weighted by Crippen LogP contribution is 2.26. The Kier molecular flexibility index (Phi) is 4.80. The minimum absolute atomic E-state index is 0.0548. The zero-order chi connectivity index (χ0) is 11.4. The zero-order valence-electron chi connectivity index (χ0n) is 8.68. The van der Waals surface area contributed by atoms with Gasteiger partial charge in [0.05, 0.1) is 0 Å². The van der Waals surface area contributed by atoms with Crippen LogP contribution in [0.3, 0.4) is 0 Å². The molecule has 0 radical (unpaired) electrons. The van der Waals surface area contributed by atoms with Crippen LogP contribution in [0, 0.1) is 5.92 Å². The third-order valence-corrected chi connectivity index (χ3v) is 3.68.